The van der Waals surface area contributed by atoms with Crippen LogP contribution in [0.3, 0.4) is 0 Å². The zero-order chi connectivity index (χ0) is 25.2. The smallest absolute Gasteiger partial charge is 0.205 e. The summed E-state index contributed by atoms with van der Waals surface area (Å²) in [5, 5.41) is 29.8. The molecule has 3 rings (SSSR count). The molecule has 7 heteroatoms. The summed E-state index contributed by atoms with van der Waals surface area (Å²) in [5.74, 6) is -0.215. The minimum absolute atomic E-state index is 0.00405. The van der Waals surface area contributed by atoms with Crippen molar-refractivity contribution >= 4 is 11.0 Å². The largest absolute Gasteiger partial charge is 0.507 e. The van der Waals surface area contributed by atoms with Crippen LogP contribution in [-0.2, 0) is 0 Å². The van der Waals surface area contributed by atoms with Gasteiger partial charge in [0.15, 0.2) is 28.3 Å². The van der Waals surface area contributed by atoms with Crippen LogP contribution in [0.1, 0.15) is 71.1 Å². The lowest BCUT2D eigenvalue weighted by Gasteiger charge is -2.14. The van der Waals surface area contributed by atoms with Gasteiger partial charge >= 0.3 is 0 Å². The highest BCUT2D eigenvalue weighted by Gasteiger charge is 2.20. The van der Waals surface area contributed by atoms with Gasteiger partial charge in [0.25, 0.3) is 0 Å². The molecule has 0 bridgehead atoms. The van der Waals surface area contributed by atoms with Gasteiger partial charge in [-0.15, -0.1) is 0 Å². The molecule has 0 aliphatic heterocycles. The lowest BCUT2D eigenvalue weighted by Crippen LogP contribution is -2.05. The fourth-order valence-electron chi connectivity index (χ4n) is 4.14. The Bertz CT molecular complexity index is 1170. The molecule has 0 saturated heterocycles. The van der Waals surface area contributed by atoms with E-state index >= 15 is 0 Å². The van der Waals surface area contributed by atoms with E-state index in [4.69, 9.17) is 13.9 Å². The first-order valence-corrected chi connectivity index (χ1v) is 12.5. The van der Waals surface area contributed by atoms with Gasteiger partial charge < -0.3 is 29.2 Å². The number of aromatic hydroxyl groups is 3. The van der Waals surface area contributed by atoms with Crippen molar-refractivity contribution in [3.63, 3.8) is 0 Å². The quantitative estimate of drug-likeness (QED) is 0.169. The van der Waals surface area contributed by atoms with E-state index in [1.54, 1.807) is 0 Å². The summed E-state index contributed by atoms with van der Waals surface area (Å²) < 4.78 is 17.4. The number of unbranched alkanes of at least 4 members (excludes halogenated alkanes) is 9. The Balaban J connectivity index is 1.71. The average molecular weight is 485 g/mol. The summed E-state index contributed by atoms with van der Waals surface area (Å²) in [4.78, 5) is 12.8. The fraction of sp³-hybridized carbons (Fsp3) is 0.464. The number of phenols is 3. The molecule has 2 aromatic carbocycles. The predicted octanol–water partition coefficient (Wildman–Crippen LogP) is 6.89. The van der Waals surface area contributed by atoms with Gasteiger partial charge in [0.05, 0.1) is 13.7 Å². The lowest BCUT2D eigenvalue weighted by molar-refractivity contribution is 0.283. The molecule has 0 unspecified atom stereocenters. The van der Waals surface area contributed by atoms with Crippen LogP contribution in [0.15, 0.2) is 39.5 Å². The van der Waals surface area contributed by atoms with Gasteiger partial charge in [0.1, 0.15) is 16.9 Å². The van der Waals surface area contributed by atoms with E-state index in [1.165, 1.54) is 82.4 Å². The highest BCUT2D eigenvalue weighted by Crippen LogP contribution is 2.41. The van der Waals surface area contributed by atoms with Crippen LogP contribution in [0.4, 0.5) is 0 Å². The Morgan fingerprint density at radius 2 is 1.46 bits per heavy atom. The third-order valence-electron chi connectivity index (χ3n) is 6.13. The van der Waals surface area contributed by atoms with Crippen molar-refractivity contribution in [2.45, 2.75) is 71.1 Å². The molecule has 0 spiro atoms. The first-order valence-electron chi connectivity index (χ1n) is 12.5. The summed E-state index contributed by atoms with van der Waals surface area (Å²) in [6.07, 6.45) is 12.1. The van der Waals surface area contributed by atoms with Crippen LogP contribution in [0.5, 0.6) is 28.7 Å². The van der Waals surface area contributed by atoms with Crippen molar-refractivity contribution in [1.82, 2.24) is 0 Å². The summed E-state index contributed by atoms with van der Waals surface area (Å²) >= 11 is 0. The standard InChI is InChI=1S/C28H36O7/c1-3-4-5-6-7-8-9-10-11-12-15-34-27-25(33-2)18-23(32)26-22(31)17-24(35-28(26)27)19-13-14-20(29)21(30)16-19/h13-14,16-18,29-30,32H,3-12,15H2,1-2H3. The molecule has 0 amide bonds. The second-order valence-corrected chi connectivity index (χ2v) is 8.84. The minimum Gasteiger partial charge on any atom is -0.507 e. The van der Waals surface area contributed by atoms with Gasteiger partial charge in [-0.1, -0.05) is 64.7 Å². The van der Waals surface area contributed by atoms with Crippen molar-refractivity contribution in [3.05, 3.63) is 40.6 Å². The molecular weight excluding hydrogens is 448 g/mol. The molecule has 0 aliphatic carbocycles. The fourth-order valence-corrected chi connectivity index (χ4v) is 4.14. The molecule has 0 fully saturated rings. The van der Waals surface area contributed by atoms with Gasteiger partial charge in [-0.05, 0) is 24.6 Å². The van der Waals surface area contributed by atoms with Crippen molar-refractivity contribution in [1.29, 1.82) is 0 Å². The van der Waals surface area contributed by atoms with E-state index in [0.29, 0.717) is 12.2 Å². The molecule has 0 atom stereocenters. The highest BCUT2D eigenvalue weighted by atomic mass is 16.5. The van der Waals surface area contributed by atoms with E-state index < -0.39 is 5.43 Å². The maximum Gasteiger partial charge on any atom is 0.205 e. The van der Waals surface area contributed by atoms with Crippen molar-refractivity contribution < 1.29 is 29.2 Å². The summed E-state index contributed by atoms with van der Waals surface area (Å²) in [7, 11) is 1.45. The van der Waals surface area contributed by atoms with Crippen LogP contribution < -0.4 is 14.9 Å². The van der Waals surface area contributed by atoms with Crippen molar-refractivity contribution in [3.8, 4) is 40.1 Å². The van der Waals surface area contributed by atoms with E-state index in [-0.39, 0.29) is 45.5 Å². The van der Waals surface area contributed by atoms with Gasteiger partial charge in [0, 0.05) is 17.7 Å². The number of hydrogen-bond acceptors (Lipinski definition) is 7. The average Bonchev–Trinajstić information content (AvgIpc) is 2.84. The Morgan fingerprint density at radius 3 is 2.09 bits per heavy atom. The van der Waals surface area contributed by atoms with Crippen LogP contribution >= 0.6 is 0 Å². The minimum atomic E-state index is -0.460. The number of rotatable bonds is 14. The maximum atomic E-state index is 12.8. The molecule has 0 saturated carbocycles. The molecular formula is C28H36O7. The number of benzene rings is 2. The van der Waals surface area contributed by atoms with Crippen LogP contribution in [-0.4, -0.2) is 29.0 Å². The second kappa shape index (κ2) is 12.9. The SMILES string of the molecule is CCCCCCCCCCCCOc1c(OC)cc(O)c2c(=O)cc(-c3ccc(O)c(O)c3)oc12. The van der Waals surface area contributed by atoms with E-state index in [2.05, 4.69) is 6.92 Å². The number of hydrogen-bond donors (Lipinski definition) is 3. The molecule has 190 valence electrons. The molecule has 7 nitrogen and oxygen atoms in total. The number of fused-ring (bicyclic) bond motifs is 1. The van der Waals surface area contributed by atoms with Crippen LogP contribution in [0.2, 0.25) is 0 Å². The second-order valence-electron chi connectivity index (χ2n) is 8.84. The first-order chi connectivity index (χ1) is 17.0. The molecule has 1 heterocycles. The van der Waals surface area contributed by atoms with Gasteiger partial charge in [-0.25, -0.2) is 0 Å². The number of ether oxygens (including phenoxy) is 2. The summed E-state index contributed by atoms with van der Waals surface area (Å²) in [6.45, 7) is 2.65. The Hall–Kier alpha value is -3.35. The van der Waals surface area contributed by atoms with Crippen LogP contribution in [0, 0.1) is 0 Å². The topological polar surface area (TPSA) is 109 Å². The molecule has 1 aromatic heterocycles. The third kappa shape index (κ3) is 6.84. The predicted molar refractivity (Wildman–Crippen MR) is 137 cm³/mol. The Kier molecular flexibility index (Phi) is 9.70. The van der Waals surface area contributed by atoms with E-state index in [9.17, 15) is 20.1 Å². The lowest BCUT2D eigenvalue weighted by atomic mass is 10.1. The van der Waals surface area contributed by atoms with Gasteiger partial charge in [-0.3, -0.25) is 4.79 Å². The zero-order valence-corrected chi connectivity index (χ0v) is 20.6. The summed E-state index contributed by atoms with van der Waals surface area (Å²) in [6, 6.07) is 6.69. The molecule has 3 N–H and O–H groups in total. The van der Waals surface area contributed by atoms with E-state index in [1.807, 2.05) is 0 Å². The molecule has 3 aromatic rings. The van der Waals surface area contributed by atoms with Crippen molar-refractivity contribution in [2.75, 3.05) is 13.7 Å². The molecule has 0 aliphatic rings. The monoisotopic (exact) mass is 484 g/mol. The van der Waals surface area contributed by atoms with Gasteiger partial charge in [-0.2, -0.15) is 0 Å². The molecule has 35 heavy (non-hydrogen) atoms. The normalized spacial score (nSPS) is 11.1. The highest BCUT2D eigenvalue weighted by molar-refractivity contribution is 5.91. The summed E-state index contributed by atoms with van der Waals surface area (Å²) in [5.41, 5.74) is 0.00371. The van der Waals surface area contributed by atoms with Crippen molar-refractivity contribution in [2.24, 2.45) is 0 Å². The van der Waals surface area contributed by atoms with Gasteiger partial charge in [0.2, 0.25) is 5.75 Å². The third-order valence-corrected chi connectivity index (χ3v) is 6.13. The van der Waals surface area contributed by atoms with Crippen LogP contribution in [0.25, 0.3) is 22.3 Å². The maximum absolute atomic E-state index is 12.8. The number of phenolic OH excluding ortho intramolecular Hbond substituents is 3. The number of methoxy groups -OCH3 is 1. The Morgan fingerprint density at radius 1 is 0.800 bits per heavy atom. The molecule has 0 radical (unpaired) electrons. The first kappa shape index (κ1) is 26.3. The zero-order valence-electron chi connectivity index (χ0n) is 20.6. The van der Waals surface area contributed by atoms with E-state index in [0.717, 1.165) is 19.3 Å². The Labute approximate surface area is 205 Å².